The molecule has 0 unspecified atom stereocenters. The van der Waals surface area contributed by atoms with E-state index in [0.29, 0.717) is 13.1 Å². The lowest BCUT2D eigenvalue weighted by Crippen LogP contribution is -2.46. The molecule has 0 amide bonds. The Labute approximate surface area is 153 Å². The molecule has 2 rings (SSSR count). The predicted octanol–water partition coefficient (Wildman–Crippen LogP) is 3.28. The molecular formula is C19H28F2N2O3. The molecule has 0 spiro atoms. The van der Waals surface area contributed by atoms with E-state index in [1.165, 1.54) is 0 Å². The van der Waals surface area contributed by atoms with Crippen molar-refractivity contribution in [1.82, 2.24) is 9.80 Å². The van der Waals surface area contributed by atoms with Gasteiger partial charge in [-0.1, -0.05) is 13.0 Å². The standard InChI is InChI=1S/C19H28F2N2O3/c1-4-23(12-18(24)25)16-5-7-22(8-6-16)11-15-9-13(2)14(3)10-17(15)26-19(20)21/h9-10,16,19H,4-8,11-12H2,1-3H3,(H,24,25). The van der Waals surface area contributed by atoms with Crippen molar-refractivity contribution in [2.75, 3.05) is 26.2 Å². The van der Waals surface area contributed by atoms with Crippen molar-refractivity contribution in [1.29, 1.82) is 0 Å². The van der Waals surface area contributed by atoms with Crippen molar-refractivity contribution in [3.8, 4) is 5.75 Å². The second-order valence-corrected chi connectivity index (χ2v) is 6.89. The Morgan fingerprint density at radius 3 is 2.46 bits per heavy atom. The van der Waals surface area contributed by atoms with Crippen LogP contribution in [0.4, 0.5) is 8.78 Å². The number of aryl methyl sites for hydroxylation is 2. The maximum Gasteiger partial charge on any atom is 0.387 e. The number of nitrogens with zero attached hydrogens (tertiary/aromatic N) is 2. The second-order valence-electron chi connectivity index (χ2n) is 6.89. The number of ether oxygens (including phenoxy) is 1. The lowest BCUT2D eigenvalue weighted by atomic mass is 10.0. The molecule has 1 aliphatic heterocycles. The first-order valence-electron chi connectivity index (χ1n) is 9.03. The number of halogens is 2. The van der Waals surface area contributed by atoms with E-state index in [9.17, 15) is 13.6 Å². The number of rotatable bonds is 8. The highest BCUT2D eigenvalue weighted by molar-refractivity contribution is 5.69. The van der Waals surface area contributed by atoms with Crippen molar-refractivity contribution in [2.45, 2.75) is 52.8 Å². The zero-order valence-electron chi connectivity index (χ0n) is 15.7. The van der Waals surface area contributed by atoms with E-state index in [0.717, 1.165) is 42.6 Å². The van der Waals surface area contributed by atoms with Gasteiger partial charge in [0.2, 0.25) is 0 Å². The highest BCUT2D eigenvalue weighted by Crippen LogP contribution is 2.28. The molecule has 0 saturated carbocycles. The van der Waals surface area contributed by atoms with Crippen LogP contribution in [0.3, 0.4) is 0 Å². The van der Waals surface area contributed by atoms with Gasteiger partial charge < -0.3 is 9.84 Å². The van der Waals surface area contributed by atoms with Crippen LogP contribution in [0.25, 0.3) is 0 Å². The van der Waals surface area contributed by atoms with Gasteiger partial charge in [-0.15, -0.1) is 0 Å². The summed E-state index contributed by atoms with van der Waals surface area (Å²) in [6.07, 6.45) is 1.74. The fourth-order valence-corrected chi connectivity index (χ4v) is 3.54. The summed E-state index contributed by atoms with van der Waals surface area (Å²) in [7, 11) is 0. The molecule has 1 aliphatic rings. The highest BCUT2D eigenvalue weighted by atomic mass is 19.3. The quantitative estimate of drug-likeness (QED) is 0.761. The average molecular weight is 370 g/mol. The molecule has 0 bridgehead atoms. The van der Waals surface area contributed by atoms with E-state index in [1.807, 2.05) is 31.7 Å². The number of likely N-dealkylation sites (tertiary alicyclic amines) is 1. The molecule has 1 heterocycles. The fraction of sp³-hybridized carbons (Fsp3) is 0.632. The van der Waals surface area contributed by atoms with Crippen molar-refractivity contribution in [3.63, 3.8) is 0 Å². The molecule has 1 N–H and O–H groups in total. The Kier molecular flexibility index (Phi) is 7.34. The van der Waals surface area contributed by atoms with Crippen LogP contribution < -0.4 is 4.74 Å². The van der Waals surface area contributed by atoms with Gasteiger partial charge in [-0.2, -0.15) is 8.78 Å². The minimum Gasteiger partial charge on any atom is -0.480 e. The molecule has 0 radical (unpaired) electrons. The van der Waals surface area contributed by atoms with Crippen LogP contribution in [0.1, 0.15) is 36.5 Å². The number of carbonyl (C=O) groups is 1. The molecule has 0 aliphatic carbocycles. The van der Waals surface area contributed by atoms with Crippen molar-refractivity contribution >= 4 is 5.97 Å². The van der Waals surface area contributed by atoms with Crippen molar-refractivity contribution in [2.24, 2.45) is 0 Å². The van der Waals surface area contributed by atoms with E-state index < -0.39 is 12.6 Å². The average Bonchev–Trinajstić information content (AvgIpc) is 2.57. The van der Waals surface area contributed by atoms with Crippen LogP contribution >= 0.6 is 0 Å². The summed E-state index contributed by atoms with van der Waals surface area (Å²) in [6, 6.07) is 3.85. The number of benzene rings is 1. The molecule has 1 saturated heterocycles. The summed E-state index contributed by atoms with van der Waals surface area (Å²) in [5.41, 5.74) is 2.75. The fourth-order valence-electron chi connectivity index (χ4n) is 3.54. The Hall–Kier alpha value is -1.73. The SMILES string of the molecule is CCN(CC(=O)O)C1CCN(Cc2cc(C)c(C)cc2OC(F)F)CC1. The Bertz CT molecular complexity index is 617. The third-order valence-corrected chi connectivity index (χ3v) is 5.10. The Morgan fingerprint density at radius 2 is 1.92 bits per heavy atom. The van der Waals surface area contributed by atoms with Crippen LogP contribution in [-0.4, -0.2) is 59.7 Å². The number of likely N-dealkylation sites (N-methyl/N-ethyl adjacent to an activating group) is 1. The summed E-state index contributed by atoms with van der Waals surface area (Å²) in [5, 5.41) is 9.02. The number of aliphatic carboxylic acids is 1. The first kappa shape index (κ1) is 20.6. The van der Waals surface area contributed by atoms with E-state index in [1.54, 1.807) is 6.07 Å². The van der Waals surface area contributed by atoms with Gasteiger partial charge in [0.15, 0.2) is 0 Å². The molecule has 7 heteroatoms. The van der Waals surface area contributed by atoms with Gasteiger partial charge in [0.25, 0.3) is 0 Å². The molecule has 0 aromatic heterocycles. The first-order chi connectivity index (χ1) is 12.3. The molecule has 1 aromatic carbocycles. The lowest BCUT2D eigenvalue weighted by Gasteiger charge is -2.37. The van der Waals surface area contributed by atoms with Gasteiger partial charge in [-0.25, -0.2) is 0 Å². The third kappa shape index (κ3) is 5.64. The van der Waals surface area contributed by atoms with Gasteiger partial charge in [0.05, 0.1) is 6.54 Å². The molecule has 1 fully saturated rings. The third-order valence-electron chi connectivity index (χ3n) is 5.10. The van der Waals surface area contributed by atoms with Crippen LogP contribution in [0.5, 0.6) is 5.75 Å². The van der Waals surface area contributed by atoms with Crippen molar-refractivity contribution < 1.29 is 23.4 Å². The normalized spacial score (nSPS) is 16.4. The smallest absolute Gasteiger partial charge is 0.387 e. The first-order valence-corrected chi connectivity index (χ1v) is 9.03. The summed E-state index contributed by atoms with van der Waals surface area (Å²) in [5.74, 6) is -0.565. The number of alkyl halides is 2. The van der Waals surface area contributed by atoms with Gasteiger partial charge in [0.1, 0.15) is 5.75 Å². The topological polar surface area (TPSA) is 53.0 Å². The zero-order valence-corrected chi connectivity index (χ0v) is 15.7. The summed E-state index contributed by atoms with van der Waals surface area (Å²) in [4.78, 5) is 15.2. The van der Waals surface area contributed by atoms with Crippen LogP contribution in [-0.2, 0) is 11.3 Å². The van der Waals surface area contributed by atoms with Crippen LogP contribution in [0.2, 0.25) is 0 Å². The summed E-state index contributed by atoms with van der Waals surface area (Å²) in [6.45, 7) is 5.91. The maximum absolute atomic E-state index is 12.7. The summed E-state index contributed by atoms with van der Waals surface area (Å²) < 4.78 is 30.1. The van der Waals surface area contributed by atoms with Gasteiger partial charge in [-0.05, 0) is 63.5 Å². The van der Waals surface area contributed by atoms with Crippen LogP contribution in [0.15, 0.2) is 12.1 Å². The van der Waals surface area contributed by atoms with Crippen LogP contribution in [0, 0.1) is 13.8 Å². The number of hydrogen-bond acceptors (Lipinski definition) is 4. The Balaban J connectivity index is 2.00. The summed E-state index contributed by atoms with van der Waals surface area (Å²) >= 11 is 0. The predicted molar refractivity (Wildman–Crippen MR) is 95.7 cm³/mol. The molecule has 5 nitrogen and oxygen atoms in total. The number of piperidine rings is 1. The molecular weight excluding hydrogens is 342 g/mol. The largest absolute Gasteiger partial charge is 0.480 e. The molecule has 1 aromatic rings. The lowest BCUT2D eigenvalue weighted by molar-refractivity contribution is -0.139. The molecule has 146 valence electrons. The monoisotopic (exact) mass is 370 g/mol. The van der Waals surface area contributed by atoms with Crippen molar-refractivity contribution in [3.05, 3.63) is 28.8 Å². The van der Waals surface area contributed by atoms with E-state index in [4.69, 9.17) is 9.84 Å². The number of hydrogen-bond donors (Lipinski definition) is 1. The van der Waals surface area contributed by atoms with Gasteiger partial charge in [0, 0.05) is 18.2 Å². The minimum absolute atomic E-state index is 0.0602. The molecule has 0 atom stereocenters. The zero-order chi connectivity index (χ0) is 19.3. The minimum atomic E-state index is -2.84. The van der Waals surface area contributed by atoms with Gasteiger partial charge >= 0.3 is 12.6 Å². The number of carboxylic acids is 1. The Morgan fingerprint density at radius 1 is 1.31 bits per heavy atom. The van der Waals surface area contributed by atoms with E-state index >= 15 is 0 Å². The molecule has 26 heavy (non-hydrogen) atoms. The maximum atomic E-state index is 12.7. The van der Waals surface area contributed by atoms with E-state index in [-0.39, 0.29) is 18.3 Å². The van der Waals surface area contributed by atoms with E-state index in [2.05, 4.69) is 4.90 Å². The second kappa shape index (κ2) is 9.28. The highest BCUT2D eigenvalue weighted by Gasteiger charge is 2.25. The number of carboxylic acid groups (broad SMARTS) is 1. The van der Waals surface area contributed by atoms with Gasteiger partial charge in [-0.3, -0.25) is 14.6 Å².